The van der Waals surface area contributed by atoms with Crippen LogP contribution in [-0.4, -0.2) is 25.5 Å². The zero-order chi connectivity index (χ0) is 12.5. The van der Waals surface area contributed by atoms with E-state index in [9.17, 15) is 4.79 Å². The molecule has 2 heterocycles. The highest BCUT2D eigenvalue weighted by atomic mass is 16.7. The molecule has 0 spiro atoms. The fourth-order valence-electron chi connectivity index (χ4n) is 1.97. The molecule has 0 aliphatic carbocycles. The van der Waals surface area contributed by atoms with Crippen molar-refractivity contribution in [2.45, 2.75) is 19.1 Å². The van der Waals surface area contributed by atoms with Crippen molar-refractivity contribution in [1.29, 1.82) is 0 Å². The van der Waals surface area contributed by atoms with E-state index in [2.05, 4.69) is 0 Å². The van der Waals surface area contributed by atoms with Crippen LogP contribution in [0.3, 0.4) is 0 Å². The lowest BCUT2D eigenvalue weighted by atomic mass is 10.1. The number of rotatable bonds is 3. The summed E-state index contributed by atoms with van der Waals surface area (Å²) in [4.78, 5) is 11.4. The molecule has 1 unspecified atom stereocenters. The van der Waals surface area contributed by atoms with Gasteiger partial charge in [0.25, 0.3) is 0 Å². The summed E-state index contributed by atoms with van der Waals surface area (Å²) in [5, 5.41) is 0. The molecule has 6 nitrogen and oxygen atoms in total. The van der Waals surface area contributed by atoms with Gasteiger partial charge in [-0.3, -0.25) is 0 Å². The molecule has 6 heteroatoms. The number of hydrogen-bond donors (Lipinski definition) is 1. The van der Waals surface area contributed by atoms with E-state index in [1.807, 2.05) is 0 Å². The van der Waals surface area contributed by atoms with E-state index >= 15 is 0 Å². The monoisotopic (exact) mass is 251 g/mol. The first-order chi connectivity index (χ1) is 8.78. The highest BCUT2D eigenvalue weighted by Crippen LogP contribution is 2.38. The van der Waals surface area contributed by atoms with Gasteiger partial charge in [-0.15, -0.1) is 0 Å². The number of carbonyl (C=O) groups is 1. The van der Waals surface area contributed by atoms with E-state index in [0.29, 0.717) is 36.8 Å². The first-order valence-corrected chi connectivity index (χ1v) is 5.74. The lowest BCUT2D eigenvalue weighted by Gasteiger charge is -2.14. The fraction of sp³-hybridized carbons (Fsp3) is 0.417. The summed E-state index contributed by atoms with van der Waals surface area (Å²) in [5.74, 6) is 1.46. The standard InChI is InChI=1S/C12H13NO5/c13-5-7-3-10-11(17-6-16-10)4-9(7)18-8-1-2-15-12(8)14/h3-4,8H,1-2,5-6,13H2. The van der Waals surface area contributed by atoms with E-state index in [-0.39, 0.29) is 12.8 Å². The Bertz CT molecular complexity index is 488. The number of ether oxygens (including phenoxy) is 4. The lowest BCUT2D eigenvalue weighted by Crippen LogP contribution is -2.22. The summed E-state index contributed by atoms with van der Waals surface area (Å²) >= 11 is 0. The number of cyclic esters (lactones) is 1. The Morgan fingerprint density at radius 3 is 2.72 bits per heavy atom. The van der Waals surface area contributed by atoms with Gasteiger partial charge in [0, 0.05) is 24.6 Å². The maximum atomic E-state index is 11.4. The van der Waals surface area contributed by atoms with Crippen molar-refractivity contribution in [3.05, 3.63) is 17.7 Å². The Kier molecular flexibility index (Phi) is 2.71. The zero-order valence-corrected chi connectivity index (χ0v) is 9.68. The van der Waals surface area contributed by atoms with Crippen LogP contribution < -0.4 is 19.9 Å². The number of hydrogen-bond acceptors (Lipinski definition) is 6. The highest BCUT2D eigenvalue weighted by molar-refractivity contribution is 5.77. The van der Waals surface area contributed by atoms with Gasteiger partial charge in [-0.2, -0.15) is 0 Å². The predicted molar refractivity (Wildman–Crippen MR) is 60.4 cm³/mol. The average Bonchev–Trinajstić information content (AvgIpc) is 2.98. The van der Waals surface area contributed by atoms with Gasteiger partial charge in [0.15, 0.2) is 17.6 Å². The summed E-state index contributed by atoms with van der Waals surface area (Å²) in [5.41, 5.74) is 6.44. The maximum Gasteiger partial charge on any atom is 0.347 e. The fourth-order valence-corrected chi connectivity index (χ4v) is 1.97. The van der Waals surface area contributed by atoms with Crippen molar-refractivity contribution in [3.63, 3.8) is 0 Å². The summed E-state index contributed by atoms with van der Waals surface area (Å²) in [6.45, 7) is 0.883. The molecule has 1 aromatic rings. The molecule has 3 rings (SSSR count). The summed E-state index contributed by atoms with van der Waals surface area (Å²) in [6, 6.07) is 3.48. The average molecular weight is 251 g/mol. The van der Waals surface area contributed by atoms with Gasteiger partial charge in [-0.25, -0.2) is 4.79 Å². The molecule has 1 atom stereocenters. The number of fused-ring (bicyclic) bond motifs is 1. The molecule has 0 amide bonds. The summed E-state index contributed by atoms with van der Waals surface area (Å²) < 4.78 is 21.0. The molecular formula is C12H13NO5. The molecule has 0 radical (unpaired) electrons. The molecule has 0 aromatic heterocycles. The van der Waals surface area contributed by atoms with Crippen LogP contribution in [0.15, 0.2) is 12.1 Å². The van der Waals surface area contributed by atoms with Gasteiger partial charge in [0.2, 0.25) is 6.79 Å². The number of nitrogens with two attached hydrogens (primary N) is 1. The number of esters is 1. The number of carbonyl (C=O) groups excluding carboxylic acids is 1. The van der Waals surface area contributed by atoms with Gasteiger partial charge in [0.1, 0.15) is 5.75 Å². The van der Waals surface area contributed by atoms with Gasteiger partial charge < -0.3 is 24.7 Å². The molecule has 2 aliphatic rings. The highest BCUT2D eigenvalue weighted by Gasteiger charge is 2.29. The summed E-state index contributed by atoms with van der Waals surface area (Å²) in [6.07, 6.45) is -0.00670. The van der Waals surface area contributed by atoms with Crippen molar-refractivity contribution in [1.82, 2.24) is 0 Å². The van der Waals surface area contributed by atoms with E-state index < -0.39 is 6.10 Å². The third kappa shape index (κ3) is 1.84. The van der Waals surface area contributed by atoms with E-state index in [4.69, 9.17) is 24.7 Å². The van der Waals surface area contributed by atoms with Gasteiger partial charge >= 0.3 is 5.97 Å². The van der Waals surface area contributed by atoms with Crippen LogP contribution in [-0.2, 0) is 16.1 Å². The van der Waals surface area contributed by atoms with Crippen molar-refractivity contribution in [2.24, 2.45) is 5.73 Å². The Labute approximate surface area is 104 Å². The molecule has 18 heavy (non-hydrogen) atoms. The molecule has 2 aliphatic heterocycles. The topological polar surface area (TPSA) is 80.0 Å². The Morgan fingerprint density at radius 1 is 1.28 bits per heavy atom. The van der Waals surface area contributed by atoms with Crippen LogP contribution in [0.2, 0.25) is 0 Å². The molecule has 96 valence electrons. The minimum absolute atomic E-state index is 0.189. The zero-order valence-electron chi connectivity index (χ0n) is 9.68. The summed E-state index contributed by atoms with van der Waals surface area (Å²) in [7, 11) is 0. The lowest BCUT2D eigenvalue weighted by molar-refractivity contribution is -0.143. The third-order valence-electron chi connectivity index (χ3n) is 2.93. The molecule has 1 saturated heterocycles. The van der Waals surface area contributed by atoms with Gasteiger partial charge in [-0.1, -0.05) is 0 Å². The van der Waals surface area contributed by atoms with E-state index in [0.717, 1.165) is 5.56 Å². The molecular weight excluding hydrogens is 238 g/mol. The maximum absolute atomic E-state index is 11.4. The van der Waals surface area contributed by atoms with Crippen LogP contribution in [0.1, 0.15) is 12.0 Å². The largest absolute Gasteiger partial charge is 0.478 e. The first kappa shape index (κ1) is 11.2. The minimum Gasteiger partial charge on any atom is -0.478 e. The second-order valence-corrected chi connectivity index (χ2v) is 4.08. The second-order valence-electron chi connectivity index (χ2n) is 4.08. The van der Waals surface area contributed by atoms with Crippen molar-refractivity contribution < 1.29 is 23.7 Å². The van der Waals surface area contributed by atoms with Crippen LogP contribution in [0.25, 0.3) is 0 Å². The SMILES string of the molecule is NCc1cc2c(cc1OC1CCOC1=O)OCO2. The Morgan fingerprint density at radius 2 is 2.06 bits per heavy atom. The minimum atomic E-state index is -0.560. The molecule has 1 aromatic carbocycles. The third-order valence-corrected chi connectivity index (χ3v) is 2.93. The second kappa shape index (κ2) is 4.38. The molecule has 0 saturated carbocycles. The van der Waals surface area contributed by atoms with Crippen molar-refractivity contribution >= 4 is 5.97 Å². The number of benzene rings is 1. The van der Waals surface area contributed by atoms with Gasteiger partial charge in [0.05, 0.1) is 6.61 Å². The molecule has 2 N–H and O–H groups in total. The van der Waals surface area contributed by atoms with Crippen LogP contribution in [0.5, 0.6) is 17.2 Å². The van der Waals surface area contributed by atoms with E-state index in [1.54, 1.807) is 12.1 Å². The normalized spacial score (nSPS) is 20.9. The van der Waals surface area contributed by atoms with Crippen molar-refractivity contribution in [3.8, 4) is 17.2 Å². The predicted octanol–water partition coefficient (Wildman–Crippen LogP) is 0.568. The first-order valence-electron chi connectivity index (χ1n) is 5.74. The van der Waals surface area contributed by atoms with Crippen LogP contribution >= 0.6 is 0 Å². The van der Waals surface area contributed by atoms with Gasteiger partial charge in [-0.05, 0) is 6.07 Å². The van der Waals surface area contributed by atoms with Crippen LogP contribution in [0.4, 0.5) is 0 Å². The van der Waals surface area contributed by atoms with Crippen LogP contribution in [0, 0.1) is 0 Å². The van der Waals surface area contributed by atoms with E-state index in [1.165, 1.54) is 0 Å². The van der Waals surface area contributed by atoms with Crippen molar-refractivity contribution in [2.75, 3.05) is 13.4 Å². The molecule has 1 fully saturated rings. The smallest absolute Gasteiger partial charge is 0.347 e. The molecule has 0 bridgehead atoms. The Balaban J connectivity index is 1.88. The Hall–Kier alpha value is -1.95. The quantitative estimate of drug-likeness (QED) is 0.791.